The first-order valence-corrected chi connectivity index (χ1v) is 2.63. The van der Waals surface area contributed by atoms with Crippen LogP contribution in [0.4, 0.5) is 0 Å². The molecule has 8 heteroatoms. The van der Waals surface area contributed by atoms with Crippen molar-refractivity contribution in [3.63, 3.8) is 0 Å². The smallest absolute Gasteiger partial charge is 0.283 e. The molecule has 1 atom stereocenters. The lowest BCUT2D eigenvalue weighted by Gasteiger charge is -2.13. The van der Waals surface area contributed by atoms with Crippen molar-refractivity contribution >= 4 is 0 Å². The highest BCUT2D eigenvalue weighted by Crippen LogP contribution is 1.96. The van der Waals surface area contributed by atoms with Crippen molar-refractivity contribution in [3.05, 3.63) is 20.2 Å². The molecule has 0 rings (SSSR count). The van der Waals surface area contributed by atoms with Gasteiger partial charge in [0.1, 0.15) is 0 Å². The summed E-state index contributed by atoms with van der Waals surface area (Å²) >= 11 is 0. The zero-order chi connectivity index (χ0) is 9.02. The molecule has 0 saturated heterocycles. The van der Waals surface area contributed by atoms with E-state index in [0.29, 0.717) is 5.01 Å². The van der Waals surface area contributed by atoms with Crippen molar-refractivity contribution in [2.24, 2.45) is 0 Å². The number of hydrogen-bond acceptors (Lipinski definition) is 5. The van der Waals surface area contributed by atoms with Gasteiger partial charge in [-0.1, -0.05) is 0 Å². The third-order valence-corrected chi connectivity index (χ3v) is 1.02. The van der Waals surface area contributed by atoms with E-state index in [2.05, 4.69) is 4.84 Å². The summed E-state index contributed by atoms with van der Waals surface area (Å²) in [6.45, 7) is 1.20. The largest absolute Gasteiger partial charge is 0.296 e. The Labute approximate surface area is 61.6 Å². The maximum atomic E-state index is 9.95. The van der Waals surface area contributed by atoms with Crippen molar-refractivity contribution in [2.75, 3.05) is 7.05 Å². The molecule has 0 heterocycles. The van der Waals surface area contributed by atoms with Gasteiger partial charge in [0.15, 0.2) is 5.03 Å². The zero-order valence-corrected chi connectivity index (χ0v) is 5.96. The summed E-state index contributed by atoms with van der Waals surface area (Å²) in [6, 6.07) is 0. The highest BCUT2D eigenvalue weighted by Gasteiger charge is 2.19. The normalized spacial score (nSPS) is 11.8. The molecule has 0 bridgehead atoms. The van der Waals surface area contributed by atoms with Crippen molar-refractivity contribution in [1.82, 2.24) is 5.01 Å². The van der Waals surface area contributed by atoms with E-state index < -0.39 is 16.3 Å². The molecule has 0 radical (unpaired) electrons. The molecular weight excluding hydrogens is 158 g/mol. The zero-order valence-electron chi connectivity index (χ0n) is 5.96. The number of rotatable bonds is 4. The second-order valence-electron chi connectivity index (χ2n) is 1.74. The maximum Gasteiger partial charge on any atom is 0.296 e. The van der Waals surface area contributed by atoms with Crippen LogP contribution in [0.1, 0.15) is 6.92 Å². The summed E-state index contributed by atoms with van der Waals surface area (Å²) < 4.78 is 0. The third kappa shape index (κ3) is 3.18. The van der Waals surface area contributed by atoms with Gasteiger partial charge >= 0.3 is 0 Å². The van der Waals surface area contributed by atoms with Crippen LogP contribution in [0, 0.1) is 20.2 Å². The van der Waals surface area contributed by atoms with Crippen molar-refractivity contribution in [3.8, 4) is 0 Å². The topological polar surface area (TPSA) is 98.8 Å². The second kappa shape index (κ2) is 3.54. The van der Waals surface area contributed by atoms with Crippen molar-refractivity contribution in [1.29, 1.82) is 0 Å². The minimum absolute atomic E-state index is 0.489. The Balaban J connectivity index is 3.92. The molecular formula is C3H7N3O5. The monoisotopic (exact) mass is 165 g/mol. The lowest BCUT2D eigenvalue weighted by molar-refractivity contribution is -0.801. The highest BCUT2D eigenvalue weighted by atomic mass is 17.0. The van der Waals surface area contributed by atoms with Crippen LogP contribution >= 0.6 is 0 Å². The van der Waals surface area contributed by atoms with Gasteiger partial charge in [-0.15, -0.1) is 15.1 Å². The molecule has 0 aromatic heterocycles. The summed E-state index contributed by atoms with van der Waals surface area (Å²) in [5.74, 6) is 0. The van der Waals surface area contributed by atoms with Gasteiger partial charge in [0.25, 0.3) is 5.09 Å². The average molecular weight is 165 g/mol. The second-order valence-corrected chi connectivity index (χ2v) is 1.74. The summed E-state index contributed by atoms with van der Waals surface area (Å²) in [5, 5.41) is 18.2. The molecule has 0 amide bonds. The quantitative estimate of drug-likeness (QED) is 0.321. The minimum atomic E-state index is -1.18. The van der Waals surface area contributed by atoms with E-state index in [4.69, 9.17) is 0 Å². The first-order valence-electron chi connectivity index (χ1n) is 2.63. The van der Waals surface area contributed by atoms with Gasteiger partial charge in [-0.2, -0.15) is 0 Å². The fraction of sp³-hybridized carbons (Fsp3) is 1.00. The van der Waals surface area contributed by atoms with Gasteiger partial charge in [-0.3, -0.25) is 4.84 Å². The van der Waals surface area contributed by atoms with E-state index in [1.54, 1.807) is 0 Å². The average Bonchev–Trinajstić information content (AvgIpc) is 1.84. The number of nitrogens with zero attached hydrogens (tertiary/aromatic N) is 3. The lowest BCUT2D eigenvalue weighted by atomic mass is 10.6. The van der Waals surface area contributed by atoms with Crippen molar-refractivity contribution < 1.29 is 15.0 Å². The minimum Gasteiger partial charge on any atom is -0.283 e. The SMILES string of the molecule is CC(O[N+](=O)[O-])N(C)[N+](=O)[O-]. The molecule has 64 valence electrons. The summed E-state index contributed by atoms with van der Waals surface area (Å²) in [4.78, 5) is 23.5. The Morgan fingerprint density at radius 2 is 1.91 bits per heavy atom. The van der Waals surface area contributed by atoms with Crippen LogP contribution in [-0.2, 0) is 4.84 Å². The summed E-state index contributed by atoms with van der Waals surface area (Å²) in [6.07, 6.45) is -1.18. The fourth-order valence-electron chi connectivity index (χ4n) is 0.326. The number of hydrazine groups is 1. The Morgan fingerprint density at radius 1 is 1.45 bits per heavy atom. The van der Waals surface area contributed by atoms with E-state index in [1.165, 1.54) is 6.92 Å². The lowest BCUT2D eigenvalue weighted by Crippen LogP contribution is -2.37. The Morgan fingerprint density at radius 3 is 2.18 bits per heavy atom. The molecule has 0 fully saturated rings. The predicted octanol–water partition coefficient (Wildman–Crippen LogP) is -0.336. The van der Waals surface area contributed by atoms with E-state index in [9.17, 15) is 20.2 Å². The Hall–Kier alpha value is -1.60. The standard InChI is InChI=1S/C3H7N3O5/c1-3(11-6(9)10)4(2)5(7)8/h3H,1-2H3. The van der Waals surface area contributed by atoms with Gasteiger partial charge in [-0.25, -0.2) is 10.1 Å². The van der Waals surface area contributed by atoms with Crippen LogP contribution in [0.5, 0.6) is 0 Å². The molecule has 11 heavy (non-hydrogen) atoms. The van der Waals surface area contributed by atoms with E-state index in [0.717, 1.165) is 7.05 Å². The number of hydrogen-bond donors (Lipinski definition) is 0. The first-order chi connectivity index (χ1) is 4.95. The third-order valence-electron chi connectivity index (χ3n) is 1.02. The molecule has 8 nitrogen and oxygen atoms in total. The Kier molecular flexibility index (Phi) is 3.02. The summed E-state index contributed by atoms with van der Waals surface area (Å²) in [5.41, 5.74) is 0. The van der Waals surface area contributed by atoms with Crippen LogP contribution in [0.15, 0.2) is 0 Å². The first kappa shape index (κ1) is 9.40. The molecule has 0 aromatic carbocycles. The molecule has 0 N–H and O–H groups in total. The number of nitro groups is 1. The molecule has 0 aliphatic rings. The van der Waals surface area contributed by atoms with Gasteiger partial charge in [0, 0.05) is 0 Å². The maximum absolute atomic E-state index is 9.95. The predicted molar refractivity (Wildman–Crippen MR) is 32.3 cm³/mol. The molecule has 0 aromatic rings. The molecule has 0 aliphatic heterocycles. The van der Waals surface area contributed by atoms with Gasteiger partial charge < -0.3 is 0 Å². The van der Waals surface area contributed by atoms with E-state index >= 15 is 0 Å². The van der Waals surface area contributed by atoms with Gasteiger partial charge in [-0.05, 0) is 6.92 Å². The van der Waals surface area contributed by atoms with Gasteiger partial charge in [0.2, 0.25) is 6.23 Å². The highest BCUT2D eigenvalue weighted by molar-refractivity contribution is 4.33. The molecule has 0 aliphatic carbocycles. The van der Waals surface area contributed by atoms with E-state index in [1.807, 2.05) is 0 Å². The van der Waals surface area contributed by atoms with Crippen LogP contribution in [0.2, 0.25) is 0 Å². The summed E-state index contributed by atoms with van der Waals surface area (Å²) in [7, 11) is 1.08. The van der Waals surface area contributed by atoms with Crippen LogP contribution in [0.25, 0.3) is 0 Å². The molecule has 0 spiro atoms. The van der Waals surface area contributed by atoms with Crippen molar-refractivity contribution in [2.45, 2.75) is 13.2 Å². The van der Waals surface area contributed by atoms with Crippen LogP contribution in [-0.4, -0.2) is 28.4 Å². The Bertz CT molecular complexity index is 170. The molecule has 0 saturated carbocycles. The van der Waals surface area contributed by atoms with Crippen LogP contribution < -0.4 is 0 Å². The van der Waals surface area contributed by atoms with E-state index in [-0.39, 0.29) is 0 Å². The molecule has 1 unspecified atom stereocenters. The fourth-order valence-corrected chi connectivity index (χ4v) is 0.326. The van der Waals surface area contributed by atoms with Gasteiger partial charge in [0.05, 0.1) is 7.05 Å². The van der Waals surface area contributed by atoms with Crippen LogP contribution in [0.3, 0.4) is 0 Å².